The van der Waals surface area contributed by atoms with Crippen LogP contribution >= 0.6 is 0 Å². The molecule has 2 N–H and O–H groups in total. The van der Waals surface area contributed by atoms with Crippen molar-refractivity contribution >= 4 is 15.1 Å². The van der Waals surface area contributed by atoms with E-state index in [1.807, 2.05) is 6.07 Å². The number of aromatic nitrogens is 3. The predicted octanol–water partition coefficient (Wildman–Crippen LogP) is 2.28. The summed E-state index contributed by atoms with van der Waals surface area (Å²) in [6.07, 6.45) is -0.161. The Labute approximate surface area is 172 Å². The molecule has 1 heterocycles. The maximum atomic E-state index is 13.1. The SMILES string of the molecule is O=C(OCc1ccccc1)S(=O)(=O)C1C[C@H](Oc2nc(=O)[nH][nH]2)Cc2ccccc21. The van der Waals surface area contributed by atoms with Crippen molar-refractivity contribution in [3.05, 3.63) is 81.8 Å². The van der Waals surface area contributed by atoms with Crippen molar-refractivity contribution in [3.8, 4) is 6.01 Å². The van der Waals surface area contributed by atoms with Crippen LogP contribution in [-0.2, 0) is 27.6 Å². The summed E-state index contributed by atoms with van der Waals surface area (Å²) in [7, 11) is -4.31. The van der Waals surface area contributed by atoms with Gasteiger partial charge in [0.15, 0.2) is 0 Å². The van der Waals surface area contributed by atoms with Crippen LogP contribution < -0.4 is 10.4 Å². The van der Waals surface area contributed by atoms with Crippen molar-refractivity contribution in [1.82, 2.24) is 15.2 Å². The monoisotopic (exact) mass is 429 g/mol. The first-order valence-electron chi connectivity index (χ1n) is 9.27. The molecule has 1 aliphatic carbocycles. The lowest BCUT2D eigenvalue weighted by molar-refractivity contribution is 0.160. The lowest BCUT2D eigenvalue weighted by atomic mass is 9.89. The summed E-state index contributed by atoms with van der Waals surface area (Å²) >= 11 is 0. The largest absolute Gasteiger partial charge is 0.460 e. The van der Waals surface area contributed by atoms with Gasteiger partial charge in [0.2, 0.25) is 0 Å². The summed E-state index contributed by atoms with van der Waals surface area (Å²) in [5, 5.41) is 2.34. The standard InChI is InChI=1S/C20H19N3O6S/c24-18-21-19(23-22-18)29-15-10-14-8-4-5-9-16(14)17(11-15)30(26,27)20(25)28-12-13-6-2-1-3-7-13/h1-9,15,17H,10-12H2,(H2,21,22,23,24)/t15-,17?/m1/s1. The number of fused-ring (bicyclic) bond motifs is 1. The minimum atomic E-state index is -4.31. The molecule has 0 amide bonds. The normalized spacial score (nSPS) is 18.4. The smallest absolute Gasteiger partial charge is 0.425 e. The summed E-state index contributed by atoms with van der Waals surface area (Å²) in [6, 6.07) is 15.8. The van der Waals surface area contributed by atoms with Crippen LogP contribution in [0.4, 0.5) is 4.79 Å². The van der Waals surface area contributed by atoms with E-state index < -0.39 is 32.2 Å². The van der Waals surface area contributed by atoms with Crippen molar-refractivity contribution < 1.29 is 22.7 Å². The van der Waals surface area contributed by atoms with Gasteiger partial charge in [-0.25, -0.2) is 28.2 Å². The number of sulfone groups is 1. The van der Waals surface area contributed by atoms with Gasteiger partial charge in [-0.3, -0.25) is 0 Å². The van der Waals surface area contributed by atoms with Crippen LogP contribution in [0.5, 0.6) is 6.01 Å². The van der Waals surface area contributed by atoms with Crippen molar-refractivity contribution in [2.75, 3.05) is 0 Å². The highest BCUT2D eigenvalue weighted by Crippen LogP contribution is 2.37. The molecule has 0 saturated carbocycles. The molecule has 0 radical (unpaired) electrons. The van der Waals surface area contributed by atoms with Gasteiger partial charge in [0.1, 0.15) is 18.0 Å². The molecule has 9 nitrogen and oxygen atoms in total. The Morgan fingerprint density at radius 3 is 2.53 bits per heavy atom. The molecular weight excluding hydrogens is 410 g/mol. The second kappa shape index (κ2) is 8.15. The number of rotatable bonds is 5. The van der Waals surface area contributed by atoms with Crippen LogP contribution in [0.2, 0.25) is 0 Å². The Morgan fingerprint density at radius 1 is 1.07 bits per heavy atom. The van der Waals surface area contributed by atoms with Gasteiger partial charge in [-0.1, -0.05) is 54.6 Å². The van der Waals surface area contributed by atoms with E-state index >= 15 is 0 Å². The molecule has 0 bridgehead atoms. The molecular formula is C20H19N3O6S. The molecule has 1 aromatic heterocycles. The number of hydrogen-bond donors (Lipinski definition) is 2. The zero-order valence-corrected chi connectivity index (χ0v) is 16.6. The number of nitrogens with one attached hydrogen (secondary N) is 2. The van der Waals surface area contributed by atoms with Crippen LogP contribution in [0, 0.1) is 0 Å². The number of benzene rings is 2. The van der Waals surface area contributed by atoms with Gasteiger partial charge in [0.25, 0.3) is 9.84 Å². The first-order valence-corrected chi connectivity index (χ1v) is 10.8. The lowest BCUT2D eigenvalue weighted by Gasteiger charge is -2.30. The Bertz CT molecular complexity index is 1200. The molecule has 156 valence electrons. The van der Waals surface area contributed by atoms with Gasteiger partial charge in [-0.15, -0.1) is 4.98 Å². The van der Waals surface area contributed by atoms with Crippen molar-refractivity contribution in [2.45, 2.75) is 30.8 Å². The number of H-pyrrole nitrogens is 2. The third kappa shape index (κ3) is 4.13. The average Bonchev–Trinajstić information content (AvgIpc) is 3.16. The molecule has 10 heteroatoms. The Morgan fingerprint density at radius 2 is 1.80 bits per heavy atom. The molecule has 1 aliphatic rings. The first kappa shape index (κ1) is 19.9. The second-order valence-corrected chi connectivity index (χ2v) is 8.90. The van der Waals surface area contributed by atoms with Gasteiger partial charge in [0, 0.05) is 12.8 Å². The zero-order chi connectivity index (χ0) is 21.1. The fourth-order valence-electron chi connectivity index (χ4n) is 3.50. The molecule has 30 heavy (non-hydrogen) atoms. The maximum absolute atomic E-state index is 13.1. The summed E-state index contributed by atoms with van der Waals surface area (Å²) in [5.74, 6) is 0. The van der Waals surface area contributed by atoms with Gasteiger partial charge in [-0.2, -0.15) is 0 Å². The zero-order valence-electron chi connectivity index (χ0n) is 15.8. The quantitative estimate of drug-likeness (QED) is 0.595. The summed E-state index contributed by atoms with van der Waals surface area (Å²) < 4.78 is 36.9. The van der Waals surface area contributed by atoms with E-state index in [0.29, 0.717) is 17.5 Å². The summed E-state index contributed by atoms with van der Waals surface area (Å²) in [5.41, 5.74) is 1.38. The molecule has 0 saturated heterocycles. The van der Waals surface area contributed by atoms with Gasteiger partial charge < -0.3 is 9.47 Å². The Hall–Kier alpha value is -3.40. The molecule has 0 aliphatic heterocycles. The minimum Gasteiger partial charge on any atom is -0.460 e. The fourth-order valence-corrected chi connectivity index (χ4v) is 4.98. The topological polar surface area (TPSA) is 131 Å². The molecule has 0 spiro atoms. The molecule has 2 aromatic carbocycles. The van der Waals surface area contributed by atoms with Crippen molar-refractivity contribution in [3.63, 3.8) is 0 Å². The van der Waals surface area contributed by atoms with Crippen molar-refractivity contribution in [1.29, 1.82) is 0 Å². The molecule has 1 unspecified atom stereocenters. The molecule has 4 rings (SSSR count). The van der Waals surface area contributed by atoms with E-state index in [0.717, 1.165) is 5.56 Å². The number of aromatic amines is 2. The number of hydrogen-bond acceptors (Lipinski definition) is 7. The Kier molecular flexibility index (Phi) is 5.40. The fraction of sp³-hybridized carbons (Fsp3) is 0.250. The van der Waals surface area contributed by atoms with E-state index in [-0.39, 0.29) is 19.0 Å². The summed E-state index contributed by atoms with van der Waals surface area (Å²) in [6.45, 7) is -0.137. The summed E-state index contributed by atoms with van der Waals surface area (Å²) in [4.78, 5) is 27.3. The average molecular weight is 429 g/mol. The number of nitrogens with zero attached hydrogens (tertiary/aromatic N) is 1. The predicted molar refractivity (Wildman–Crippen MR) is 107 cm³/mol. The van der Waals surface area contributed by atoms with Crippen LogP contribution in [0.1, 0.15) is 28.4 Å². The highest BCUT2D eigenvalue weighted by Gasteiger charge is 2.42. The van der Waals surface area contributed by atoms with E-state index in [9.17, 15) is 18.0 Å². The van der Waals surface area contributed by atoms with Crippen molar-refractivity contribution in [2.24, 2.45) is 0 Å². The number of carbonyl (C=O) groups is 1. The second-order valence-electron chi connectivity index (χ2n) is 6.91. The third-order valence-corrected chi connectivity index (χ3v) is 6.67. The van der Waals surface area contributed by atoms with E-state index in [1.54, 1.807) is 48.5 Å². The van der Waals surface area contributed by atoms with Crippen LogP contribution in [0.25, 0.3) is 0 Å². The van der Waals surface area contributed by atoms with E-state index in [2.05, 4.69) is 15.2 Å². The number of carbonyl (C=O) groups excluding carboxylic acids is 1. The molecule has 3 aromatic rings. The first-order chi connectivity index (χ1) is 14.4. The number of ether oxygens (including phenoxy) is 2. The van der Waals surface area contributed by atoms with Gasteiger partial charge in [-0.05, 0) is 16.7 Å². The van der Waals surface area contributed by atoms with Crippen LogP contribution in [0.3, 0.4) is 0 Å². The minimum absolute atomic E-state index is 0.0225. The highest BCUT2D eigenvalue weighted by atomic mass is 32.2. The van der Waals surface area contributed by atoms with E-state index in [4.69, 9.17) is 9.47 Å². The van der Waals surface area contributed by atoms with E-state index in [1.165, 1.54) is 0 Å². The highest BCUT2D eigenvalue weighted by molar-refractivity contribution is 8.05. The Balaban J connectivity index is 1.56. The lowest BCUT2D eigenvalue weighted by Crippen LogP contribution is -2.34. The van der Waals surface area contributed by atoms with Gasteiger partial charge >= 0.3 is 17.0 Å². The maximum Gasteiger partial charge on any atom is 0.425 e. The van der Waals surface area contributed by atoms with Gasteiger partial charge in [0.05, 0.1) is 0 Å². The van der Waals surface area contributed by atoms with Crippen LogP contribution in [-0.4, -0.2) is 35.0 Å². The molecule has 2 atom stereocenters. The molecule has 0 fully saturated rings. The van der Waals surface area contributed by atoms with Crippen LogP contribution in [0.15, 0.2) is 59.4 Å². The third-order valence-electron chi connectivity index (χ3n) is 4.89.